The van der Waals surface area contributed by atoms with Crippen LogP contribution in [0.3, 0.4) is 0 Å². The average molecular weight is 278 g/mol. The number of rotatable bonds is 8. The van der Waals surface area contributed by atoms with Crippen LogP contribution < -0.4 is 15.8 Å². The number of nitrogens with two attached hydrogens (primary N) is 1. The monoisotopic (exact) mass is 278 g/mol. The summed E-state index contributed by atoms with van der Waals surface area (Å²) in [5.41, 5.74) is 6.51. The summed E-state index contributed by atoms with van der Waals surface area (Å²) >= 11 is 0. The molecule has 0 fully saturated rings. The van der Waals surface area contributed by atoms with Crippen molar-refractivity contribution in [3.8, 4) is 5.75 Å². The molecule has 0 spiro atoms. The summed E-state index contributed by atoms with van der Waals surface area (Å²) in [6.45, 7) is 4.63. The molecule has 2 atom stereocenters. The molecule has 0 heterocycles. The Morgan fingerprint density at radius 2 is 2.10 bits per heavy atom. The van der Waals surface area contributed by atoms with Gasteiger partial charge in [0.05, 0.1) is 13.2 Å². The molecule has 3 N–H and O–H groups in total. The summed E-state index contributed by atoms with van der Waals surface area (Å²) in [6.07, 6.45) is 2.53. The van der Waals surface area contributed by atoms with Gasteiger partial charge in [0.25, 0.3) is 0 Å². The lowest BCUT2D eigenvalue weighted by molar-refractivity contribution is -0.125. The maximum atomic E-state index is 12.2. The van der Waals surface area contributed by atoms with E-state index in [1.54, 1.807) is 7.11 Å². The highest BCUT2D eigenvalue weighted by Gasteiger charge is 2.19. The van der Waals surface area contributed by atoms with Crippen molar-refractivity contribution in [1.29, 1.82) is 0 Å². The van der Waals surface area contributed by atoms with Crippen molar-refractivity contribution in [2.75, 3.05) is 13.7 Å². The number of benzene rings is 1. The minimum absolute atomic E-state index is 0.0118. The zero-order chi connectivity index (χ0) is 15.0. The normalized spacial score (nSPS) is 13.6. The van der Waals surface area contributed by atoms with Gasteiger partial charge in [0.15, 0.2) is 0 Å². The van der Waals surface area contributed by atoms with Crippen LogP contribution in [-0.2, 0) is 4.79 Å². The van der Waals surface area contributed by atoms with Gasteiger partial charge >= 0.3 is 0 Å². The van der Waals surface area contributed by atoms with Gasteiger partial charge in [0, 0.05) is 11.5 Å². The molecule has 2 unspecified atom stereocenters. The van der Waals surface area contributed by atoms with Gasteiger partial charge in [-0.25, -0.2) is 0 Å². The largest absolute Gasteiger partial charge is 0.496 e. The highest BCUT2D eigenvalue weighted by Crippen LogP contribution is 2.27. The van der Waals surface area contributed by atoms with Crippen LogP contribution in [-0.4, -0.2) is 19.6 Å². The second-order valence-corrected chi connectivity index (χ2v) is 5.04. The maximum Gasteiger partial charge on any atom is 0.223 e. The summed E-state index contributed by atoms with van der Waals surface area (Å²) in [6, 6.07) is 7.80. The number of hydrogen-bond donors (Lipinski definition) is 2. The van der Waals surface area contributed by atoms with Gasteiger partial charge in [0.1, 0.15) is 5.75 Å². The number of ether oxygens (including phenoxy) is 1. The molecule has 0 aliphatic heterocycles. The molecule has 0 saturated carbocycles. The van der Waals surface area contributed by atoms with E-state index >= 15 is 0 Å². The van der Waals surface area contributed by atoms with Gasteiger partial charge in [-0.3, -0.25) is 4.79 Å². The number of methoxy groups -OCH3 is 1. The lowest BCUT2D eigenvalue weighted by Crippen LogP contribution is -2.33. The van der Waals surface area contributed by atoms with Gasteiger partial charge in [0.2, 0.25) is 5.91 Å². The first-order chi connectivity index (χ1) is 9.63. The molecule has 0 aliphatic rings. The van der Waals surface area contributed by atoms with E-state index < -0.39 is 0 Å². The molecule has 4 heteroatoms. The van der Waals surface area contributed by atoms with Gasteiger partial charge in [-0.05, 0) is 31.9 Å². The molecular weight excluding hydrogens is 252 g/mol. The first kappa shape index (κ1) is 16.5. The topological polar surface area (TPSA) is 64.4 Å². The Morgan fingerprint density at radius 1 is 1.40 bits per heavy atom. The molecular formula is C16H26N2O2. The molecule has 0 aliphatic carbocycles. The Hall–Kier alpha value is -1.55. The standard InChI is InChI=1S/C16H26N2O2/c1-4-14(13-9-5-6-10-15(13)20-3)18-16(19)12(2)8-7-11-17/h5-6,9-10,12,14H,4,7-8,11,17H2,1-3H3,(H,18,19). The fourth-order valence-corrected chi connectivity index (χ4v) is 2.22. The number of carbonyl (C=O) groups excluding carboxylic acids is 1. The van der Waals surface area contributed by atoms with Crippen LogP contribution in [0.15, 0.2) is 24.3 Å². The van der Waals surface area contributed by atoms with E-state index in [4.69, 9.17) is 10.5 Å². The Kier molecular flexibility index (Phi) is 7.09. The van der Waals surface area contributed by atoms with Crippen molar-refractivity contribution in [3.05, 3.63) is 29.8 Å². The third-order valence-electron chi connectivity index (χ3n) is 3.53. The first-order valence-corrected chi connectivity index (χ1v) is 7.27. The number of hydrogen-bond acceptors (Lipinski definition) is 3. The maximum absolute atomic E-state index is 12.2. The van der Waals surface area contributed by atoms with E-state index in [2.05, 4.69) is 12.2 Å². The number of nitrogens with one attached hydrogen (secondary N) is 1. The summed E-state index contributed by atoms with van der Waals surface area (Å²) in [4.78, 5) is 12.2. The highest BCUT2D eigenvalue weighted by atomic mass is 16.5. The molecule has 0 saturated heterocycles. The minimum Gasteiger partial charge on any atom is -0.496 e. The molecule has 0 radical (unpaired) electrons. The zero-order valence-electron chi connectivity index (χ0n) is 12.7. The van der Waals surface area contributed by atoms with Gasteiger partial charge < -0.3 is 15.8 Å². The van der Waals surface area contributed by atoms with Crippen molar-refractivity contribution >= 4 is 5.91 Å². The summed E-state index contributed by atoms with van der Waals surface area (Å²) in [5.74, 6) is 0.882. The summed E-state index contributed by atoms with van der Waals surface area (Å²) < 4.78 is 5.37. The zero-order valence-corrected chi connectivity index (χ0v) is 12.7. The third kappa shape index (κ3) is 4.53. The highest BCUT2D eigenvalue weighted by molar-refractivity contribution is 5.78. The Morgan fingerprint density at radius 3 is 2.70 bits per heavy atom. The van der Waals surface area contributed by atoms with Crippen LogP contribution in [0, 0.1) is 5.92 Å². The van der Waals surface area contributed by atoms with Crippen molar-refractivity contribution in [2.24, 2.45) is 11.7 Å². The van der Waals surface area contributed by atoms with Crippen LogP contribution in [0.5, 0.6) is 5.75 Å². The predicted octanol–water partition coefficient (Wildman–Crippen LogP) is 2.64. The SMILES string of the molecule is CCC(NC(=O)C(C)CCCN)c1ccccc1OC. The molecule has 0 bridgehead atoms. The molecule has 1 rings (SSSR count). The van der Waals surface area contributed by atoms with Crippen LogP contribution in [0.25, 0.3) is 0 Å². The first-order valence-electron chi connectivity index (χ1n) is 7.27. The fourth-order valence-electron chi connectivity index (χ4n) is 2.22. The van der Waals surface area contributed by atoms with E-state index in [0.717, 1.165) is 30.6 Å². The molecule has 4 nitrogen and oxygen atoms in total. The Labute approximate surface area is 121 Å². The number of amides is 1. The molecule has 112 valence electrons. The summed E-state index contributed by atoms with van der Waals surface area (Å²) in [5, 5.41) is 3.11. The van der Waals surface area contributed by atoms with E-state index in [0.29, 0.717) is 6.54 Å². The predicted molar refractivity (Wildman–Crippen MR) is 81.6 cm³/mol. The Balaban J connectivity index is 2.74. The molecule has 0 aromatic heterocycles. The van der Waals surface area contributed by atoms with Crippen molar-refractivity contribution in [1.82, 2.24) is 5.32 Å². The van der Waals surface area contributed by atoms with Gasteiger partial charge in [-0.2, -0.15) is 0 Å². The van der Waals surface area contributed by atoms with Crippen molar-refractivity contribution in [3.63, 3.8) is 0 Å². The van der Waals surface area contributed by atoms with Crippen LogP contribution >= 0.6 is 0 Å². The van der Waals surface area contributed by atoms with Crippen molar-refractivity contribution < 1.29 is 9.53 Å². The fraction of sp³-hybridized carbons (Fsp3) is 0.562. The van der Waals surface area contributed by atoms with E-state index in [9.17, 15) is 4.79 Å². The molecule has 1 aromatic rings. The smallest absolute Gasteiger partial charge is 0.223 e. The second-order valence-electron chi connectivity index (χ2n) is 5.04. The van der Waals surface area contributed by atoms with Crippen LogP contribution in [0.2, 0.25) is 0 Å². The third-order valence-corrected chi connectivity index (χ3v) is 3.53. The van der Waals surface area contributed by atoms with Crippen LogP contribution in [0.1, 0.15) is 44.7 Å². The molecule has 1 aromatic carbocycles. The van der Waals surface area contributed by atoms with Crippen LogP contribution in [0.4, 0.5) is 0 Å². The van der Waals surface area contributed by atoms with Gasteiger partial charge in [-0.15, -0.1) is 0 Å². The van der Waals surface area contributed by atoms with E-state index in [1.165, 1.54) is 0 Å². The average Bonchev–Trinajstić information content (AvgIpc) is 2.49. The van der Waals surface area contributed by atoms with Crippen molar-refractivity contribution in [2.45, 2.75) is 39.2 Å². The molecule has 1 amide bonds. The number of carbonyl (C=O) groups is 1. The minimum atomic E-state index is -0.0148. The number of para-hydroxylation sites is 1. The Bertz CT molecular complexity index is 421. The van der Waals surface area contributed by atoms with Gasteiger partial charge in [-0.1, -0.05) is 32.0 Å². The van der Waals surface area contributed by atoms with E-state index in [-0.39, 0.29) is 17.9 Å². The summed E-state index contributed by atoms with van der Waals surface area (Å²) in [7, 11) is 1.65. The van der Waals surface area contributed by atoms with E-state index in [1.807, 2.05) is 31.2 Å². The second kappa shape index (κ2) is 8.59. The quantitative estimate of drug-likeness (QED) is 0.768. The lowest BCUT2D eigenvalue weighted by atomic mass is 10.00. The molecule has 20 heavy (non-hydrogen) atoms. The lowest BCUT2D eigenvalue weighted by Gasteiger charge is -2.22.